The first-order valence-electron chi connectivity index (χ1n) is 15.4. The van der Waals surface area contributed by atoms with E-state index in [1.807, 2.05) is 6.07 Å². The van der Waals surface area contributed by atoms with Crippen molar-refractivity contribution >= 4 is 65.6 Å². The number of furan rings is 1. The normalized spacial score (nSPS) is 12.0. The fourth-order valence-corrected chi connectivity index (χ4v) is 7.40. The number of aromatic nitrogens is 2. The highest BCUT2D eigenvalue weighted by Gasteiger charge is 2.23. The average Bonchev–Trinajstić information content (AvgIpc) is 3.76. The van der Waals surface area contributed by atoms with Crippen LogP contribution in [-0.4, -0.2) is 9.13 Å². The summed E-state index contributed by atoms with van der Waals surface area (Å²) in [5, 5.41) is 7.08. The van der Waals surface area contributed by atoms with E-state index < -0.39 is 0 Å². The first kappa shape index (κ1) is 24.4. The van der Waals surface area contributed by atoms with Gasteiger partial charge < -0.3 is 13.6 Å². The van der Waals surface area contributed by atoms with Gasteiger partial charge in [0.15, 0.2) is 0 Å². The van der Waals surface area contributed by atoms with Crippen LogP contribution in [0.5, 0.6) is 0 Å². The summed E-state index contributed by atoms with van der Waals surface area (Å²) >= 11 is 0. The Kier molecular flexibility index (Phi) is 5.00. The maximum atomic E-state index is 6.63. The highest BCUT2D eigenvalue weighted by Crippen LogP contribution is 2.45. The molecule has 210 valence electrons. The van der Waals surface area contributed by atoms with Crippen molar-refractivity contribution in [1.82, 2.24) is 9.13 Å². The molecule has 0 saturated carbocycles. The van der Waals surface area contributed by atoms with Gasteiger partial charge in [-0.15, -0.1) is 0 Å². The molecular weight excluding hydrogens is 548 g/mol. The number of para-hydroxylation sites is 3. The Hall–Kier alpha value is -6.06. The van der Waals surface area contributed by atoms with Crippen LogP contribution in [0.4, 0.5) is 0 Å². The van der Waals surface area contributed by atoms with E-state index in [1.54, 1.807) is 0 Å². The van der Waals surface area contributed by atoms with Gasteiger partial charge in [0.1, 0.15) is 11.2 Å². The summed E-state index contributed by atoms with van der Waals surface area (Å²) in [6.07, 6.45) is 0. The fourth-order valence-electron chi connectivity index (χ4n) is 7.40. The lowest BCUT2D eigenvalue weighted by molar-refractivity contribution is 0.673. The maximum absolute atomic E-state index is 6.63. The molecule has 0 aliphatic rings. The minimum absolute atomic E-state index is 0.914. The first-order valence-corrected chi connectivity index (χ1v) is 15.4. The summed E-state index contributed by atoms with van der Waals surface area (Å²) in [6, 6.07) is 56.4. The van der Waals surface area contributed by atoms with Gasteiger partial charge in [-0.3, -0.25) is 0 Å². The van der Waals surface area contributed by atoms with Gasteiger partial charge in [0.25, 0.3) is 0 Å². The predicted octanol–water partition coefficient (Wildman–Crippen LogP) is 11.4. The molecule has 0 fully saturated rings. The van der Waals surface area contributed by atoms with E-state index >= 15 is 0 Å². The van der Waals surface area contributed by atoms with Crippen molar-refractivity contribution in [3.8, 4) is 22.5 Å². The monoisotopic (exact) mass is 574 g/mol. The lowest BCUT2D eigenvalue weighted by Crippen LogP contribution is -1.95. The Morgan fingerprint density at radius 2 is 1.02 bits per heavy atom. The van der Waals surface area contributed by atoms with E-state index in [9.17, 15) is 0 Å². The molecule has 0 aliphatic heterocycles. The van der Waals surface area contributed by atoms with Crippen LogP contribution in [0.1, 0.15) is 0 Å². The summed E-state index contributed by atoms with van der Waals surface area (Å²) < 4.78 is 11.5. The van der Waals surface area contributed by atoms with Crippen LogP contribution in [0.15, 0.2) is 162 Å². The van der Waals surface area contributed by atoms with Crippen molar-refractivity contribution in [1.29, 1.82) is 0 Å². The number of hydrogen-bond donors (Lipinski definition) is 0. The summed E-state index contributed by atoms with van der Waals surface area (Å²) in [5.74, 6) is 0. The van der Waals surface area contributed by atoms with E-state index in [4.69, 9.17) is 4.42 Å². The molecule has 0 N–H and O–H groups in total. The quantitative estimate of drug-likeness (QED) is 0.206. The van der Waals surface area contributed by atoms with Crippen molar-refractivity contribution in [2.24, 2.45) is 0 Å². The molecule has 10 aromatic rings. The van der Waals surface area contributed by atoms with Gasteiger partial charge in [0.05, 0.1) is 27.5 Å². The minimum atomic E-state index is 0.914. The van der Waals surface area contributed by atoms with Crippen LogP contribution in [0.3, 0.4) is 0 Å². The molecule has 7 aromatic carbocycles. The second kappa shape index (κ2) is 9.22. The molecule has 10 rings (SSSR count). The molecule has 0 atom stereocenters. The molecule has 0 saturated heterocycles. The molecule has 0 radical (unpaired) electrons. The zero-order valence-electron chi connectivity index (χ0n) is 24.3. The standard InChI is InChI=1S/C42H26N2O/c1-3-12-27(13-4-1)28-14-11-17-30(26-28)43-35-20-9-7-19-33(35)39-36(43)25-23-34-40-37(44(41(34)39)29-15-5-2-6-16-29)24-22-32-31-18-8-10-21-38(31)45-42(32)40/h1-26H. The zero-order valence-corrected chi connectivity index (χ0v) is 24.3. The topological polar surface area (TPSA) is 23.0 Å². The Balaban J connectivity index is 1.39. The van der Waals surface area contributed by atoms with E-state index in [0.29, 0.717) is 0 Å². The van der Waals surface area contributed by atoms with E-state index in [2.05, 4.69) is 161 Å². The van der Waals surface area contributed by atoms with Crippen molar-refractivity contribution in [2.75, 3.05) is 0 Å². The highest BCUT2D eigenvalue weighted by molar-refractivity contribution is 6.30. The van der Waals surface area contributed by atoms with Gasteiger partial charge in [0.2, 0.25) is 0 Å². The van der Waals surface area contributed by atoms with Gasteiger partial charge in [-0.1, -0.05) is 97.1 Å². The molecule has 0 bridgehead atoms. The second-order valence-corrected chi connectivity index (χ2v) is 11.7. The van der Waals surface area contributed by atoms with Crippen LogP contribution in [0, 0.1) is 0 Å². The third-order valence-electron chi connectivity index (χ3n) is 9.30. The van der Waals surface area contributed by atoms with Gasteiger partial charge in [-0.05, 0) is 71.8 Å². The molecule has 0 spiro atoms. The highest BCUT2D eigenvalue weighted by atomic mass is 16.3. The third-order valence-corrected chi connectivity index (χ3v) is 9.30. The molecule has 0 unspecified atom stereocenters. The van der Waals surface area contributed by atoms with Gasteiger partial charge >= 0.3 is 0 Å². The van der Waals surface area contributed by atoms with E-state index in [1.165, 1.54) is 43.8 Å². The van der Waals surface area contributed by atoms with Crippen LogP contribution >= 0.6 is 0 Å². The summed E-state index contributed by atoms with van der Waals surface area (Å²) in [4.78, 5) is 0. The minimum Gasteiger partial charge on any atom is -0.455 e. The molecular formula is C42H26N2O. The third kappa shape index (κ3) is 3.41. The average molecular weight is 575 g/mol. The van der Waals surface area contributed by atoms with Crippen LogP contribution in [0.2, 0.25) is 0 Å². The summed E-state index contributed by atoms with van der Waals surface area (Å²) in [7, 11) is 0. The molecule has 45 heavy (non-hydrogen) atoms. The number of fused-ring (bicyclic) bond motifs is 11. The largest absolute Gasteiger partial charge is 0.455 e. The molecule has 0 amide bonds. The smallest absolute Gasteiger partial charge is 0.145 e. The van der Waals surface area contributed by atoms with Crippen molar-refractivity contribution in [2.45, 2.75) is 0 Å². The Morgan fingerprint density at radius 3 is 1.87 bits per heavy atom. The Labute approximate surface area is 258 Å². The van der Waals surface area contributed by atoms with Crippen LogP contribution in [-0.2, 0) is 0 Å². The van der Waals surface area contributed by atoms with Crippen molar-refractivity contribution in [3.63, 3.8) is 0 Å². The first-order chi connectivity index (χ1) is 22.3. The lowest BCUT2D eigenvalue weighted by atomic mass is 10.0. The number of rotatable bonds is 3. The van der Waals surface area contributed by atoms with Crippen LogP contribution < -0.4 is 0 Å². The van der Waals surface area contributed by atoms with E-state index in [-0.39, 0.29) is 0 Å². The molecule has 3 aromatic heterocycles. The SMILES string of the molecule is c1ccc(-c2cccc(-n3c4ccccc4c4c3ccc3c5c6oc7ccccc7c6ccc5n(-c5ccccc5)c34)c2)cc1. The second-order valence-electron chi connectivity index (χ2n) is 11.7. The lowest BCUT2D eigenvalue weighted by Gasteiger charge is -2.11. The summed E-state index contributed by atoms with van der Waals surface area (Å²) in [6.45, 7) is 0. The maximum Gasteiger partial charge on any atom is 0.145 e. The Morgan fingerprint density at radius 1 is 0.378 bits per heavy atom. The molecule has 3 heteroatoms. The van der Waals surface area contributed by atoms with Gasteiger partial charge in [-0.2, -0.15) is 0 Å². The van der Waals surface area contributed by atoms with Crippen LogP contribution in [0.25, 0.3) is 88.1 Å². The fraction of sp³-hybridized carbons (Fsp3) is 0. The molecule has 3 nitrogen and oxygen atoms in total. The van der Waals surface area contributed by atoms with Gasteiger partial charge in [0, 0.05) is 38.3 Å². The number of hydrogen-bond acceptors (Lipinski definition) is 1. The Bertz CT molecular complexity index is 2740. The zero-order chi connectivity index (χ0) is 29.5. The number of nitrogens with zero attached hydrogens (tertiary/aromatic N) is 2. The molecule has 3 heterocycles. The van der Waals surface area contributed by atoms with E-state index in [0.717, 1.165) is 44.2 Å². The number of benzene rings is 7. The van der Waals surface area contributed by atoms with Crippen molar-refractivity contribution in [3.05, 3.63) is 158 Å². The summed E-state index contributed by atoms with van der Waals surface area (Å²) in [5.41, 5.74) is 11.2. The predicted molar refractivity (Wildman–Crippen MR) is 188 cm³/mol. The van der Waals surface area contributed by atoms with Crippen molar-refractivity contribution < 1.29 is 4.42 Å². The van der Waals surface area contributed by atoms with Gasteiger partial charge in [-0.25, -0.2) is 0 Å². The molecule has 0 aliphatic carbocycles.